The smallest absolute Gasteiger partial charge is 0.240 e. The number of nitrogens with one attached hydrogen (secondary N) is 1. The lowest BCUT2D eigenvalue weighted by molar-refractivity contribution is -0.123. The zero-order chi connectivity index (χ0) is 12.3. The zero-order valence-corrected chi connectivity index (χ0v) is 10.6. The third-order valence-corrected chi connectivity index (χ3v) is 2.69. The Morgan fingerprint density at radius 3 is 2.83 bits per heavy atom. The summed E-state index contributed by atoms with van der Waals surface area (Å²) in [6.07, 6.45) is 1.48. The minimum absolute atomic E-state index is 0. The number of ether oxygens (including phenoxy) is 1. The van der Waals surface area contributed by atoms with Crippen molar-refractivity contribution in [3.05, 3.63) is 30.1 Å². The van der Waals surface area contributed by atoms with Gasteiger partial charge in [0.25, 0.3) is 0 Å². The molecule has 0 spiro atoms. The van der Waals surface area contributed by atoms with Gasteiger partial charge in [0.15, 0.2) is 0 Å². The van der Waals surface area contributed by atoms with Crippen molar-refractivity contribution in [1.29, 1.82) is 0 Å². The number of amides is 1. The van der Waals surface area contributed by atoms with E-state index in [1.165, 1.54) is 12.1 Å². The maximum Gasteiger partial charge on any atom is 0.240 e. The molecular weight excluding hydrogens is 259 g/mol. The van der Waals surface area contributed by atoms with Crippen LogP contribution in [0.15, 0.2) is 24.3 Å². The molecule has 1 saturated carbocycles. The molecule has 1 aliphatic rings. The van der Waals surface area contributed by atoms with Crippen LogP contribution in [-0.4, -0.2) is 24.6 Å². The summed E-state index contributed by atoms with van der Waals surface area (Å²) in [6, 6.07) is 5.88. The third-order valence-electron chi connectivity index (χ3n) is 2.69. The fourth-order valence-electron chi connectivity index (χ4n) is 1.43. The summed E-state index contributed by atoms with van der Waals surface area (Å²) in [4.78, 5) is 11.4. The van der Waals surface area contributed by atoms with Crippen molar-refractivity contribution < 1.29 is 13.9 Å². The quantitative estimate of drug-likeness (QED) is 0.794. The molecule has 1 aromatic rings. The van der Waals surface area contributed by atoms with Crippen LogP contribution in [0.25, 0.3) is 0 Å². The standard InChI is InChI=1S/C12H15FN2O2.ClH/c13-9-2-1-3-10(8-9)17-7-6-15-11(16)12(14)4-5-12;/h1-3,8H,4-7,14H2,(H,15,16);1H. The van der Waals surface area contributed by atoms with Crippen LogP contribution >= 0.6 is 12.4 Å². The van der Waals surface area contributed by atoms with Gasteiger partial charge in [-0.1, -0.05) is 6.07 Å². The molecule has 6 heteroatoms. The number of nitrogens with two attached hydrogens (primary N) is 1. The van der Waals surface area contributed by atoms with Crippen molar-refractivity contribution in [3.63, 3.8) is 0 Å². The summed E-state index contributed by atoms with van der Waals surface area (Å²) in [7, 11) is 0. The number of carbonyl (C=O) groups is 1. The zero-order valence-electron chi connectivity index (χ0n) is 9.82. The van der Waals surface area contributed by atoms with Crippen LogP contribution in [-0.2, 0) is 4.79 Å². The van der Waals surface area contributed by atoms with E-state index in [0.717, 1.165) is 12.8 Å². The average Bonchev–Trinajstić information content (AvgIpc) is 3.04. The van der Waals surface area contributed by atoms with E-state index in [1.807, 2.05) is 0 Å². The molecule has 0 radical (unpaired) electrons. The second-order valence-corrected chi connectivity index (χ2v) is 4.22. The van der Waals surface area contributed by atoms with Crippen LogP contribution in [0.2, 0.25) is 0 Å². The lowest BCUT2D eigenvalue weighted by Crippen LogP contribution is -2.44. The highest BCUT2D eigenvalue weighted by molar-refractivity contribution is 5.88. The van der Waals surface area contributed by atoms with Gasteiger partial charge in [0.2, 0.25) is 5.91 Å². The Morgan fingerprint density at radius 1 is 1.50 bits per heavy atom. The second-order valence-electron chi connectivity index (χ2n) is 4.22. The number of benzene rings is 1. The summed E-state index contributed by atoms with van der Waals surface area (Å²) < 4.78 is 18.1. The molecule has 18 heavy (non-hydrogen) atoms. The fourth-order valence-corrected chi connectivity index (χ4v) is 1.43. The van der Waals surface area contributed by atoms with Crippen LogP contribution in [0.4, 0.5) is 4.39 Å². The van der Waals surface area contributed by atoms with E-state index in [1.54, 1.807) is 12.1 Å². The molecule has 0 bridgehead atoms. The minimum atomic E-state index is -0.654. The SMILES string of the molecule is Cl.NC1(C(=O)NCCOc2cccc(F)c2)CC1. The van der Waals surface area contributed by atoms with Crippen molar-refractivity contribution >= 4 is 18.3 Å². The van der Waals surface area contributed by atoms with Gasteiger partial charge < -0.3 is 15.8 Å². The van der Waals surface area contributed by atoms with E-state index in [-0.39, 0.29) is 24.1 Å². The maximum atomic E-state index is 12.8. The van der Waals surface area contributed by atoms with Gasteiger partial charge in [-0.3, -0.25) is 4.79 Å². The summed E-state index contributed by atoms with van der Waals surface area (Å²) >= 11 is 0. The van der Waals surface area contributed by atoms with E-state index in [0.29, 0.717) is 18.9 Å². The number of hydrogen-bond acceptors (Lipinski definition) is 3. The first-order valence-electron chi connectivity index (χ1n) is 5.56. The highest BCUT2D eigenvalue weighted by Gasteiger charge is 2.45. The van der Waals surface area contributed by atoms with E-state index in [2.05, 4.69) is 5.32 Å². The molecule has 1 aromatic carbocycles. The number of rotatable bonds is 5. The van der Waals surface area contributed by atoms with Crippen LogP contribution in [0, 0.1) is 5.82 Å². The molecule has 0 saturated heterocycles. The molecule has 4 nitrogen and oxygen atoms in total. The molecular formula is C12H16ClFN2O2. The third kappa shape index (κ3) is 3.85. The molecule has 2 rings (SSSR count). The lowest BCUT2D eigenvalue weighted by Gasteiger charge is -2.10. The van der Waals surface area contributed by atoms with Crippen LogP contribution in [0.3, 0.4) is 0 Å². The van der Waals surface area contributed by atoms with E-state index >= 15 is 0 Å². The molecule has 0 unspecified atom stereocenters. The number of hydrogen-bond donors (Lipinski definition) is 2. The molecule has 1 amide bonds. The predicted octanol–water partition coefficient (Wildman–Crippen LogP) is 1.23. The summed E-state index contributed by atoms with van der Waals surface area (Å²) in [6.45, 7) is 0.666. The molecule has 1 aliphatic carbocycles. The molecule has 0 atom stereocenters. The molecule has 100 valence electrons. The van der Waals surface area contributed by atoms with E-state index in [9.17, 15) is 9.18 Å². The van der Waals surface area contributed by atoms with Crippen molar-refractivity contribution in [2.45, 2.75) is 18.4 Å². The highest BCUT2D eigenvalue weighted by atomic mass is 35.5. The Bertz CT molecular complexity index is 424. The first-order valence-corrected chi connectivity index (χ1v) is 5.56. The van der Waals surface area contributed by atoms with Gasteiger partial charge >= 0.3 is 0 Å². The Morgan fingerprint density at radius 2 is 2.22 bits per heavy atom. The van der Waals surface area contributed by atoms with Gasteiger partial charge in [0.1, 0.15) is 18.2 Å². The summed E-state index contributed by atoms with van der Waals surface area (Å²) in [5, 5.41) is 2.69. The first kappa shape index (κ1) is 14.7. The molecule has 0 aromatic heterocycles. The fraction of sp³-hybridized carbons (Fsp3) is 0.417. The average molecular weight is 275 g/mol. The van der Waals surface area contributed by atoms with Gasteiger partial charge in [0.05, 0.1) is 12.1 Å². The van der Waals surface area contributed by atoms with E-state index in [4.69, 9.17) is 10.5 Å². The number of carbonyl (C=O) groups excluding carboxylic acids is 1. The molecule has 0 heterocycles. The predicted molar refractivity (Wildman–Crippen MR) is 68.3 cm³/mol. The Labute approximate surface area is 111 Å². The Kier molecular flexibility index (Phi) is 4.93. The van der Waals surface area contributed by atoms with Gasteiger partial charge in [-0.25, -0.2) is 4.39 Å². The largest absolute Gasteiger partial charge is 0.492 e. The monoisotopic (exact) mass is 274 g/mol. The molecule has 3 N–H and O–H groups in total. The van der Waals surface area contributed by atoms with Crippen molar-refractivity contribution in [2.24, 2.45) is 5.73 Å². The van der Waals surface area contributed by atoms with Gasteiger partial charge in [0, 0.05) is 6.07 Å². The Balaban J connectivity index is 0.00000162. The highest BCUT2D eigenvalue weighted by Crippen LogP contribution is 2.31. The van der Waals surface area contributed by atoms with Gasteiger partial charge in [-0.05, 0) is 25.0 Å². The number of halogens is 2. The normalized spacial score (nSPS) is 15.4. The van der Waals surface area contributed by atoms with Crippen LogP contribution in [0.1, 0.15) is 12.8 Å². The van der Waals surface area contributed by atoms with Crippen LogP contribution in [0.5, 0.6) is 5.75 Å². The minimum Gasteiger partial charge on any atom is -0.492 e. The van der Waals surface area contributed by atoms with Gasteiger partial charge in [-0.15, -0.1) is 12.4 Å². The lowest BCUT2D eigenvalue weighted by atomic mass is 10.3. The van der Waals surface area contributed by atoms with E-state index < -0.39 is 5.54 Å². The summed E-state index contributed by atoms with van der Waals surface area (Å²) in [5.41, 5.74) is 5.05. The molecule has 1 fully saturated rings. The topological polar surface area (TPSA) is 64.4 Å². The van der Waals surface area contributed by atoms with Crippen LogP contribution < -0.4 is 15.8 Å². The first-order chi connectivity index (χ1) is 8.10. The van der Waals surface area contributed by atoms with Crippen molar-refractivity contribution in [1.82, 2.24) is 5.32 Å². The van der Waals surface area contributed by atoms with Crippen molar-refractivity contribution in [3.8, 4) is 5.75 Å². The van der Waals surface area contributed by atoms with Gasteiger partial charge in [-0.2, -0.15) is 0 Å². The Hall–Kier alpha value is -1.33. The molecule has 0 aliphatic heterocycles. The second kappa shape index (κ2) is 6.02. The van der Waals surface area contributed by atoms with Crippen molar-refractivity contribution in [2.75, 3.05) is 13.2 Å². The summed E-state index contributed by atoms with van der Waals surface area (Å²) in [5.74, 6) is -0.0288. The maximum absolute atomic E-state index is 12.8.